The summed E-state index contributed by atoms with van der Waals surface area (Å²) in [6, 6.07) is 6.09. The molecule has 0 aromatic heterocycles. The number of methoxy groups -OCH3 is 2. The van der Waals surface area contributed by atoms with Crippen molar-refractivity contribution in [3.05, 3.63) is 23.8 Å². The van der Waals surface area contributed by atoms with Crippen LogP contribution < -0.4 is 9.47 Å². The second-order valence-electron chi connectivity index (χ2n) is 5.45. The van der Waals surface area contributed by atoms with E-state index in [-0.39, 0.29) is 0 Å². The van der Waals surface area contributed by atoms with E-state index in [1.807, 2.05) is 12.1 Å². The highest BCUT2D eigenvalue weighted by atomic mass is 16.5. The minimum absolute atomic E-state index is 0.336. The number of aryl methyl sites for hydroxylation is 1. The van der Waals surface area contributed by atoms with Crippen molar-refractivity contribution in [1.82, 2.24) is 0 Å². The second-order valence-corrected chi connectivity index (χ2v) is 5.45. The van der Waals surface area contributed by atoms with Crippen LogP contribution in [0.4, 0.5) is 0 Å². The molecule has 0 bridgehead atoms. The molecule has 0 fully saturated rings. The summed E-state index contributed by atoms with van der Waals surface area (Å²) in [5.41, 5.74) is 1.24. The lowest BCUT2D eigenvalue weighted by atomic mass is 10.0. The fraction of sp³-hybridized carbons (Fsp3) is 0.667. The highest BCUT2D eigenvalue weighted by Gasteiger charge is 2.08. The number of para-hydroxylation sites is 1. The van der Waals surface area contributed by atoms with E-state index in [0.717, 1.165) is 30.8 Å². The van der Waals surface area contributed by atoms with Crippen molar-refractivity contribution in [1.29, 1.82) is 0 Å². The molecule has 0 radical (unpaired) electrons. The summed E-state index contributed by atoms with van der Waals surface area (Å²) in [4.78, 5) is 0. The van der Waals surface area contributed by atoms with Gasteiger partial charge in [-0.3, -0.25) is 0 Å². The van der Waals surface area contributed by atoms with Crippen LogP contribution >= 0.6 is 0 Å². The molecule has 0 aliphatic rings. The second kappa shape index (κ2) is 11.4. The van der Waals surface area contributed by atoms with Crippen LogP contribution in [0.25, 0.3) is 0 Å². The summed E-state index contributed by atoms with van der Waals surface area (Å²) in [5, 5.41) is 8.71. The molecule has 0 amide bonds. The molecule has 0 atom stereocenters. The average Bonchev–Trinajstić information content (AvgIpc) is 2.52. The summed E-state index contributed by atoms with van der Waals surface area (Å²) in [6.45, 7) is 0.336. The predicted molar refractivity (Wildman–Crippen MR) is 87.3 cm³/mol. The molecule has 0 aliphatic heterocycles. The number of aliphatic hydroxyl groups excluding tert-OH is 1. The van der Waals surface area contributed by atoms with Crippen LogP contribution in [0, 0.1) is 0 Å². The molecule has 1 N–H and O–H groups in total. The maximum atomic E-state index is 8.71. The molecule has 3 heteroatoms. The molecule has 0 aliphatic carbocycles. The molecule has 120 valence electrons. The van der Waals surface area contributed by atoms with E-state index < -0.39 is 0 Å². The summed E-state index contributed by atoms with van der Waals surface area (Å²) in [5.74, 6) is 1.70. The Morgan fingerprint density at radius 2 is 1.43 bits per heavy atom. The van der Waals surface area contributed by atoms with Crippen LogP contribution in [0.5, 0.6) is 11.5 Å². The molecule has 0 saturated carbocycles. The molecule has 0 saturated heterocycles. The Bertz CT molecular complexity index is 377. The predicted octanol–water partition coefficient (Wildman–Crippen LogP) is 4.36. The first-order valence-electron chi connectivity index (χ1n) is 8.14. The van der Waals surface area contributed by atoms with Crippen LogP contribution in [-0.2, 0) is 6.42 Å². The van der Waals surface area contributed by atoms with Gasteiger partial charge in [0.05, 0.1) is 14.2 Å². The van der Waals surface area contributed by atoms with E-state index in [4.69, 9.17) is 14.6 Å². The van der Waals surface area contributed by atoms with Crippen molar-refractivity contribution < 1.29 is 14.6 Å². The molecular formula is C18H30O3. The number of rotatable bonds is 12. The van der Waals surface area contributed by atoms with Gasteiger partial charge in [0.2, 0.25) is 0 Å². The molecule has 1 aromatic rings. The molecular weight excluding hydrogens is 264 g/mol. The molecule has 3 nitrogen and oxygen atoms in total. The minimum Gasteiger partial charge on any atom is -0.493 e. The van der Waals surface area contributed by atoms with Crippen molar-refractivity contribution in [2.45, 2.75) is 57.8 Å². The van der Waals surface area contributed by atoms with Crippen LogP contribution in [0.15, 0.2) is 18.2 Å². The minimum atomic E-state index is 0.336. The Labute approximate surface area is 129 Å². The standard InChI is InChI=1S/C18H30O3/c1-20-17-14-11-13-16(18(17)21-2)12-9-7-5-3-4-6-8-10-15-19/h11,13-14,19H,3-10,12,15H2,1-2H3. The van der Waals surface area contributed by atoms with Gasteiger partial charge in [-0.2, -0.15) is 0 Å². The quantitative estimate of drug-likeness (QED) is 0.582. The maximum Gasteiger partial charge on any atom is 0.163 e. The number of hydrogen-bond acceptors (Lipinski definition) is 3. The topological polar surface area (TPSA) is 38.7 Å². The molecule has 21 heavy (non-hydrogen) atoms. The Morgan fingerprint density at radius 3 is 2.00 bits per heavy atom. The third-order valence-electron chi connectivity index (χ3n) is 3.84. The molecule has 0 unspecified atom stereocenters. The summed E-state index contributed by atoms with van der Waals surface area (Å²) < 4.78 is 10.8. The first-order valence-corrected chi connectivity index (χ1v) is 8.14. The van der Waals surface area contributed by atoms with E-state index in [1.165, 1.54) is 44.1 Å². The first-order chi connectivity index (χ1) is 10.3. The number of aliphatic hydroxyl groups is 1. The Kier molecular flexibility index (Phi) is 9.71. The summed E-state index contributed by atoms with van der Waals surface area (Å²) in [7, 11) is 3.38. The van der Waals surface area contributed by atoms with Gasteiger partial charge in [-0.1, -0.05) is 50.7 Å². The number of hydrogen-bond donors (Lipinski definition) is 1. The van der Waals surface area contributed by atoms with Crippen LogP contribution in [0.3, 0.4) is 0 Å². The Morgan fingerprint density at radius 1 is 0.810 bits per heavy atom. The highest BCUT2D eigenvalue weighted by Crippen LogP contribution is 2.31. The molecule has 0 spiro atoms. The summed E-state index contributed by atoms with van der Waals surface area (Å²) >= 11 is 0. The van der Waals surface area contributed by atoms with Gasteiger partial charge in [0.25, 0.3) is 0 Å². The van der Waals surface area contributed by atoms with Crippen molar-refractivity contribution >= 4 is 0 Å². The number of unbranched alkanes of at least 4 members (excludes halogenated alkanes) is 7. The number of ether oxygens (including phenoxy) is 2. The van der Waals surface area contributed by atoms with E-state index in [2.05, 4.69) is 6.07 Å². The van der Waals surface area contributed by atoms with Gasteiger partial charge in [-0.15, -0.1) is 0 Å². The van der Waals surface area contributed by atoms with Gasteiger partial charge in [-0.05, 0) is 30.9 Å². The third kappa shape index (κ3) is 6.85. The van der Waals surface area contributed by atoms with Gasteiger partial charge in [-0.25, -0.2) is 0 Å². The van der Waals surface area contributed by atoms with E-state index in [0.29, 0.717) is 6.61 Å². The SMILES string of the molecule is COc1cccc(CCCCCCCCCCO)c1OC. The maximum absolute atomic E-state index is 8.71. The van der Waals surface area contributed by atoms with E-state index >= 15 is 0 Å². The van der Waals surface area contributed by atoms with Crippen LogP contribution in [0.2, 0.25) is 0 Å². The van der Waals surface area contributed by atoms with E-state index in [9.17, 15) is 0 Å². The monoisotopic (exact) mass is 294 g/mol. The molecule has 0 heterocycles. The Hall–Kier alpha value is -1.22. The zero-order valence-electron chi connectivity index (χ0n) is 13.6. The van der Waals surface area contributed by atoms with Gasteiger partial charge in [0.1, 0.15) is 0 Å². The lowest BCUT2D eigenvalue weighted by molar-refractivity contribution is 0.282. The van der Waals surface area contributed by atoms with Crippen LogP contribution in [0.1, 0.15) is 56.9 Å². The molecule has 1 rings (SSSR count). The number of benzene rings is 1. The smallest absolute Gasteiger partial charge is 0.163 e. The van der Waals surface area contributed by atoms with Crippen molar-refractivity contribution in [3.8, 4) is 11.5 Å². The van der Waals surface area contributed by atoms with Gasteiger partial charge in [0, 0.05) is 6.61 Å². The Balaban J connectivity index is 2.18. The highest BCUT2D eigenvalue weighted by molar-refractivity contribution is 5.46. The van der Waals surface area contributed by atoms with Crippen molar-refractivity contribution in [2.75, 3.05) is 20.8 Å². The van der Waals surface area contributed by atoms with E-state index in [1.54, 1.807) is 14.2 Å². The fourth-order valence-electron chi connectivity index (χ4n) is 2.64. The van der Waals surface area contributed by atoms with Gasteiger partial charge >= 0.3 is 0 Å². The summed E-state index contributed by atoms with van der Waals surface area (Å²) in [6.07, 6.45) is 10.8. The normalized spacial score (nSPS) is 10.6. The molecule has 1 aromatic carbocycles. The van der Waals surface area contributed by atoms with Crippen molar-refractivity contribution in [2.24, 2.45) is 0 Å². The average molecular weight is 294 g/mol. The largest absolute Gasteiger partial charge is 0.493 e. The lowest BCUT2D eigenvalue weighted by Crippen LogP contribution is -1.96. The third-order valence-corrected chi connectivity index (χ3v) is 3.84. The zero-order valence-corrected chi connectivity index (χ0v) is 13.6. The van der Waals surface area contributed by atoms with Gasteiger partial charge < -0.3 is 14.6 Å². The lowest BCUT2D eigenvalue weighted by Gasteiger charge is -2.12. The first kappa shape index (κ1) is 17.8. The fourth-order valence-corrected chi connectivity index (χ4v) is 2.64. The van der Waals surface area contributed by atoms with Crippen LogP contribution in [-0.4, -0.2) is 25.9 Å². The zero-order chi connectivity index (χ0) is 15.3. The van der Waals surface area contributed by atoms with Crippen molar-refractivity contribution in [3.63, 3.8) is 0 Å². The van der Waals surface area contributed by atoms with Gasteiger partial charge in [0.15, 0.2) is 11.5 Å².